The van der Waals surface area contributed by atoms with Crippen molar-refractivity contribution in [2.24, 2.45) is 0 Å². The van der Waals surface area contributed by atoms with Gasteiger partial charge in [-0.3, -0.25) is 19.7 Å². The first-order valence-electron chi connectivity index (χ1n) is 7.59. The molecule has 0 spiro atoms. The van der Waals surface area contributed by atoms with Crippen LogP contribution in [-0.4, -0.2) is 42.3 Å². The third-order valence-corrected chi connectivity index (χ3v) is 3.55. The maximum Gasteiger partial charge on any atom is 0.293 e. The molecular weight excluding hydrogens is 343 g/mol. The van der Waals surface area contributed by atoms with Gasteiger partial charge in [-0.1, -0.05) is 6.07 Å². The van der Waals surface area contributed by atoms with Gasteiger partial charge in [0.25, 0.3) is 11.6 Å². The van der Waals surface area contributed by atoms with E-state index in [-0.39, 0.29) is 29.2 Å². The Morgan fingerprint density at radius 3 is 2.58 bits per heavy atom. The molecule has 2 rings (SSSR count). The molecule has 0 unspecified atom stereocenters. The number of carbonyl (C=O) groups is 2. The summed E-state index contributed by atoms with van der Waals surface area (Å²) in [7, 11) is 2.93. The molecule has 0 aliphatic carbocycles. The fourth-order valence-electron chi connectivity index (χ4n) is 2.30. The zero-order chi connectivity index (χ0) is 19.3. The van der Waals surface area contributed by atoms with E-state index >= 15 is 0 Å². The van der Waals surface area contributed by atoms with Crippen molar-refractivity contribution in [1.29, 1.82) is 0 Å². The molecule has 0 fully saturated rings. The molecule has 2 amide bonds. The molecule has 0 bridgehead atoms. The SMILES string of the molecule is CNc1ccc(C(=O)N(C)CC(=O)Nc2cccc(F)c2)cc1[N+](=O)[O-]. The van der Waals surface area contributed by atoms with Gasteiger partial charge in [-0.25, -0.2) is 4.39 Å². The molecule has 26 heavy (non-hydrogen) atoms. The van der Waals surface area contributed by atoms with Crippen LogP contribution in [0, 0.1) is 15.9 Å². The predicted molar refractivity (Wildman–Crippen MR) is 94.6 cm³/mol. The third-order valence-electron chi connectivity index (χ3n) is 3.55. The lowest BCUT2D eigenvalue weighted by Crippen LogP contribution is -2.35. The van der Waals surface area contributed by atoms with E-state index in [9.17, 15) is 24.1 Å². The molecule has 0 atom stereocenters. The van der Waals surface area contributed by atoms with Gasteiger partial charge >= 0.3 is 0 Å². The van der Waals surface area contributed by atoms with Crippen molar-refractivity contribution in [1.82, 2.24) is 4.90 Å². The summed E-state index contributed by atoms with van der Waals surface area (Å²) in [5.74, 6) is -1.57. The highest BCUT2D eigenvalue weighted by Crippen LogP contribution is 2.25. The van der Waals surface area contributed by atoms with Gasteiger partial charge in [-0.2, -0.15) is 0 Å². The van der Waals surface area contributed by atoms with Crippen molar-refractivity contribution in [3.05, 3.63) is 64.0 Å². The van der Waals surface area contributed by atoms with Crippen LogP contribution in [0.5, 0.6) is 0 Å². The molecule has 2 aromatic carbocycles. The standard InChI is InChI=1S/C17H17FN4O4/c1-19-14-7-6-11(8-15(14)22(25)26)17(24)21(2)10-16(23)20-13-5-3-4-12(18)9-13/h3-9,19H,10H2,1-2H3,(H,20,23). The Hall–Kier alpha value is -3.49. The Morgan fingerprint density at radius 1 is 1.23 bits per heavy atom. The average molecular weight is 360 g/mol. The first-order valence-corrected chi connectivity index (χ1v) is 7.59. The number of benzene rings is 2. The lowest BCUT2D eigenvalue weighted by molar-refractivity contribution is -0.384. The molecular formula is C17H17FN4O4. The number of nitrogens with zero attached hydrogens (tertiary/aromatic N) is 2. The molecule has 2 N–H and O–H groups in total. The van der Waals surface area contributed by atoms with Crippen LogP contribution >= 0.6 is 0 Å². The van der Waals surface area contributed by atoms with Gasteiger partial charge in [-0.05, 0) is 30.3 Å². The Labute approximate surface area is 148 Å². The minimum atomic E-state index is -0.598. The molecule has 0 aliphatic heterocycles. The first-order chi connectivity index (χ1) is 12.3. The Morgan fingerprint density at radius 2 is 1.96 bits per heavy atom. The molecule has 0 radical (unpaired) electrons. The number of halogens is 1. The van der Waals surface area contributed by atoms with Gasteiger partial charge in [0.05, 0.1) is 11.5 Å². The second kappa shape index (κ2) is 8.06. The topological polar surface area (TPSA) is 105 Å². The Balaban J connectivity index is 2.08. The maximum absolute atomic E-state index is 13.1. The van der Waals surface area contributed by atoms with Gasteiger partial charge in [0, 0.05) is 31.4 Å². The summed E-state index contributed by atoms with van der Waals surface area (Å²) < 4.78 is 13.1. The molecule has 0 heterocycles. The van der Waals surface area contributed by atoms with Crippen LogP contribution in [0.4, 0.5) is 21.5 Å². The highest BCUT2D eigenvalue weighted by molar-refractivity contribution is 6.00. The zero-order valence-corrected chi connectivity index (χ0v) is 14.2. The van der Waals surface area contributed by atoms with Gasteiger partial charge in [0.1, 0.15) is 11.5 Å². The second-order valence-corrected chi connectivity index (χ2v) is 5.46. The van der Waals surface area contributed by atoms with Crippen molar-refractivity contribution in [3.63, 3.8) is 0 Å². The summed E-state index contributed by atoms with van der Waals surface area (Å²) in [6, 6.07) is 9.36. The van der Waals surface area contributed by atoms with Crippen LogP contribution in [0.2, 0.25) is 0 Å². The molecule has 0 saturated heterocycles. The van der Waals surface area contributed by atoms with E-state index in [0.29, 0.717) is 0 Å². The number of anilines is 2. The van der Waals surface area contributed by atoms with E-state index in [2.05, 4.69) is 10.6 Å². The Kier molecular flexibility index (Phi) is 5.84. The van der Waals surface area contributed by atoms with Crippen LogP contribution in [-0.2, 0) is 4.79 Å². The number of likely N-dealkylation sites (N-methyl/N-ethyl adjacent to an activating group) is 1. The summed E-state index contributed by atoms with van der Waals surface area (Å²) in [6.07, 6.45) is 0. The lowest BCUT2D eigenvalue weighted by atomic mass is 10.1. The van der Waals surface area contributed by atoms with Crippen LogP contribution in [0.25, 0.3) is 0 Å². The fraction of sp³-hybridized carbons (Fsp3) is 0.176. The maximum atomic E-state index is 13.1. The summed E-state index contributed by atoms with van der Waals surface area (Å²) >= 11 is 0. The molecule has 8 nitrogen and oxygen atoms in total. The largest absolute Gasteiger partial charge is 0.383 e. The van der Waals surface area contributed by atoms with Gasteiger partial charge < -0.3 is 15.5 Å². The number of nitrogens with one attached hydrogen (secondary N) is 2. The highest BCUT2D eigenvalue weighted by Gasteiger charge is 2.20. The van der Waals surface area contributed by atoms with Crippen LogP contribution < -0.4 is 10.6 Å². The third kappa shape index (κ3) is 4.53. The second-order valence-electron chi connectivity index (χ2n) is 5.46. The zero-order valence-electron chi connectivity index (χ0n) is 14.2. The minimum Gasteiger partial charge on any atom is -0.383 e. The van der Waals surface area contributed by atoms with E-state index in [1.807, 2.05) is 0 Å². The number of rotatable bonds is 6. The van der Waals surface area contributed by atoms with Crippen LogP contribution in [0.1, 0.15) is 10.4 Å². The van der Waals surface area contributed by atoms with Gasteiger partial charge in [-0.15, -0.1) is 0 Å². The molecule has 0 aromatic heterocycles. The molecule has 2 aromatic rings. The highest BCUT2D eigenvalue weighted by atomic mass is 19.1. The molecule has 9 heteroatoms. The Bertz CT molecular complexity index is 856. The number of carbonyl (C=O) groups excluding carboxylic acids is 2. The normalized spacial score (nSPS) is 10.1. The van der Waals surface area contributed by atoms with Crippen molar-refractivity contribution in [2.45, 2.75) is 0 Å². The lowest BCUT2D eigenvalue weighted by Gasteiger charge is -2.17. The quantitative estimate of drug-likeness (QED) is 0.608. The summed E-state index contributed by atoms with van der Waals surface area (Å²) in [5, 5.41) is 16.2. The smallest absolute Gasteiger partial charge is 0.293 e. The summed E-state index contributed by atoms with van der Waals surface area (Å²) in [5.41, 5.74) is 0.385. The number of nitro benzene ring substituents is 1. The number of nitro groups is 1. The molecule has 0 saturated carbocycles. The first kappa shape index (κ1) is 18.8. The molecule has 136 valence electrons. The predicted octanol–water partition coefficient (Wildman–Crippen LogP) is 2.49. The number of hydrogen-bond donors (Lipinski definition) is 2. The average Bonchev–Trinajstić information content (AvgIpc) is 2.60. The van der Waals surface area contributed by atoms with Gasteiger partial charge in [0.2, 0.25) is 5.91 Å². The van der Waals surface area contributed by atoms with E-state index in [0.717, 1.165) is 17.0 Å². The van der Waals surface area contributed by atoms with Crippen LogP contribution in [0.15, 0.2) is 42.5 Å². The van der Waals surface area contributed by atoms with Crippen molar-refractivity contribution < 1.29 is 18.9 Å². The minimum absolute atomic E-state index is 0.0803. The van der Waals surface area contributed by atoms with E-state index in [4.69, 9.17) is 0 Å². The van der Waals surface area contributed by atoms with Crippen molar-refractivity contribution in [2.75, 3.05) is 31.3 Å². The van der Waals surface area contributed by atoms with Gasteiger partial charge in [0.15, 0.2) is 0 Å². The summed E-state index contributed by atoms with van der Waals surface area (Å²) in [4.78, 5) is 36.0. The van der Waals surface area contributed by atoms with Crippen LogP contribution in [0.3, 0.4) is 0 Å². The number of amides is 2. The summed E-state index contributed by atoms with van der Waals surface area (Å²) in [6.45, 7) is -0.295. The van der Waals surface area contributed by atoms with Crippen molar-refractivity contribution in [3.8, 4) is 0 Å². The van der Waals surface area contributed by atoms with Crippen molar-refractivity contribution >= 4 is 28.9 Å². The fourth-order valence-corrected chi connectivity index (χ4v) is 2.30. The monoisotopic (exact) mass is 360 g/mol. The number of hydrogen-bond acceptors (Lipinski definition) is 5. The molecule has 0 aliphatic rings. The van der Waals surface area contributed by atoms with E-state index in [1.165, 1.54) is 44.4 Å². The van der Waals surface area contributed by atoms with E-state index in [1.54, 1.807) is 0 Å². The van der Waals surface area contributed by atoms with E-state index < -0.39 is 22.6 Å².